The zero-order valence-electron chi connectivity index (χ0n) is 18.2. The molecule has 2 aromatic rings. The number of ether oxygens (including phenoxy) is 2. The fourth-order valence-electron chi connectivity index (χ4n) is 3.44. The lowest BCUT2D eigenvalue weighted by atomic mass is 10.1. The molecule has 0 spiro atoms. The summed E-state index contributed by atoms with van der Waals surface area (Å²) in [5.41, 5.74) is 0.705. The number of nitro benzene ring substituents is 1. The van der Waals surface area contributed by atoms with Gasteiger partial charge in [0, 0.05) is 38.3 Å². The highest BCUT2D eigenvalue weighted by atomic mass is 32.2. The Hall–Kier alpha value is -3.44. The van der Waals surface area contributed by atoms with Gasteiger partial charge in [-0.25, -0.2) is 8.42 Å². The maximum Gasteiger partial charge on any atom is 0.270 e. The van der Waals surface area contributed by atoms with Gasteiger partial charge in [0.25, 0.3) is 11.6 Å². The van der Waals surface area contributed by atoms with E-state index in [4.69, 9.17) is 9.47 Å². The van der Waals surface area contributed by atoms with Crippen molar-refractivity contribution in [3.05, 3.63) is 70.8 Å². The summed E-state index contributed by atoms with van der Waals surface area (Å²) in [6.07, 6.45) is 2.46. The van der Waals surface area contributed by atoms with Crippen molar-refractivity contribution in [3.8, 4) is 11.5 Å². The molecule has 0 saturated carbocycles. The highest BCUT2D eigenvalue weighted by molar-refractivity contribution is 7.89. The minimum atomic E-state index is -3.90. The summed E-state index contributed by atoms with van der Waals surface area (Å²) < 4.78 is 37.9. The van der Waals surface area contributed by atoms with Crippen LogP contribution in [-0.2, 0) is 21.2 Å². The van der Waals surface area contributed by atoms with E-state index in [-0.39, 0.29) is 49.3 Å². The lowest BCUT2D eigenvalue weighted by Gasteiger charge is -2.34. The Labute approximate surface area is 192 Å². The quantitative estimate of drug-likeness (QED) is 0.310. The minimum absolute atomic E-state index is 0.0797. The molecule has 1 aliphatic rings. The maximum absolute atomic E-state index is 12.8. The molecule has 0 unspecified atom stereocenters. The van der Waals surface area contributed by atoms with Crippen LogP contribution in [-0.4, -0.2) is 68.3 Å². The molecular weight excluding hydrogens is 450 g/mol. The van der Waals surface area contributed by atoms with Crippen LogP contribution in [0.25, 0.3) is 0 Å². The number of methoxy groups -OCH3 is 1. The summed E-state index contributed by atoms with van der Waals surface area (Å²) >= 11 is 0. The largest absolute Gasteiger partial charge is 0.493 e. The second-order valence-corrected chi connectivity index (χ2v) is 9.24. The van der Waals surface area contributed by atoms with Crippen molar-refractivity contribution >= 4 is 21.6 Å². The normalized spacial score (nSPS) is 14.5. The number of hydrogen-bond donors (Lipinski definition) is 0. The van der Waals surface area contributed by atoms with Gasteiger partial charge in [-0.15, -0.1) is 6.58 Å². The number of non-ortho nitro benzene ring substituents is 1. The topological polar surface area (TPSA) is 119 Å². The Morgan fingerprint density at radius 3 is 2.52 bits per heavy atom. The number of benzene rings is 2. The van der Waals surface area contributed by atoms with E-state index < -0.39 is 14.9 Å². The number of piperazine rings is 1. The van der Waals surface area contributed by atoms with E-state index in [9.17, 15) is 23.3 Å². The van der Waals surface area contributed by atoms with Gasteiger partial charge < -0.3 is 14.4 Å². The van der Waals surface area contributed by atoms with E-state index in [1.165, 1.54) is 34.5 Å². The Morgan fingerprint density at radius 1 is 1.15 bits per heavy atom. The van der Waals surface area contributed by atoms with E-state index in [2.05, 4.69) is 6.58 Å². The molecule has 10 nitrogen and oxygen atoms in total. The first-order valence-electron chi connectivity index (χ1n) is 10.2. The first-order valence-corrected chi connectivity index (χ1v) is 11.6. The van der Waals surface area contributed by atoms with Gasteiger partial charge in [0.2, 0.25) is 10.0 Å². The number of carbonyl (C=O) groups excluding carboxylic acids is 1. The van der Waals surface area contributed by atoms with Crippen LogP contribution in [0.2, 0.25) is 0 Å². The molecule has 11 heteroatoms. The number of nitro groups is 1. The van der Waals surface area contributed by atoms with Crippen LogP contribution in [0, 0.1) is 10.1 Å². The second-order valence-electron chi connectivity index (χ2n) is 7.31. The Balaban J connectivity index is 1.58. The van der Waals surface area contributed by atoms with Gasteiger partial charge >= 0.3 is 0 Å². The highest BCUT2D eigenvalue weighted by Crippen LogP contribution is 2.28. The Bertz CT molecular complexity index is 1140. The smallest absolute Gasteiger partial charge is 0.270 e. The summed E-state index contributed by atoms with van der Waals surface area (Å²) in [5.74, 6) is 0.667. The van der Waals surface area contributed by atoms with Crippen molar-refractivity contribution in [3.63, 3.8) is 0 Å². The predicted octanol–water partition coefficient (Wildman–Crippen LogP) is 2.24. The van der Waals surface area contributed by atoms with Gasteiger partial charge in [-0.2, -0.15) is 4.31 Å². The van der Waals surface area contributed by atoms with Gasteiger partial charge in [0.15, 0.2) is 18.1 Å². The van der Waals surface area contributed by atoms with Crippen LogP contribution in [0.1, 0.15) is 5.56 Å². The summed E-state index contributed by atoms with van der Waals surface area (Å²) in [4.78, 5) is 24.3. The minimum Gasteiger partial charge on any atom is -0.493 e. The van der Waals surface area contributed by atoms with E-state index in [1.54, 1.807) is 12.1 Å². The fourth-order valence-corrected chi connectivity index (χ4v) is 4.90. The number of amides is 1. The van der Waals surface area contributed by atoms with Crippen LogP contribution in [0.5, 0.6) is 11.5 Å². The van der Waals surface area contributed by atoms with Gasteiger partial charge in [-0.3, -0.25) is 14.9 Å². The van der Waals surface area contributed by atoms with Crippen molar-refractivity contribution in [1.82, 2.24) is 9.21 Å². The molecule has 1 saturated heterocycles. The molecule has 1 amide bonds. The van der Waals surface area contributed by atoms with Crippen LogP contribution in [0.4, 0.5) is 5.69 Å². The SMILES string of the molecule is C=CCc1ccc(OCC(=O)N2CCN(S(=O)(=O)c3cccc([N+](=O)[O-])c3)CC2)c(OC)c1. The molecule has 1 heterocycles. The lowest BCUT2D eigenvalue weighted by Crippen LogP contribution is -2.51. The zero-order chi connectivity index (χ0) is 24.0. The number of sulfonamides is 1. The molecular formula is C22H25N3O7S. The van der Waals surface area contributed by atoms with E-state index in [1.807, 2.05) is 12.1 Å². The molecule has 1 aliphatic heterocycles. The van der Waals surface area contributed by atoms with Gasteiger partial charge in [0.05, 0.1) is 16.9 Å². The van der Waals surface area contributed by atoms with Crippen LogP contribution in [0.3, 0.4) is 0 Å². The Kier molecular flexibility index (Phi) is 7.67. The van der Waals surface area contributed by atoms with E-state index in [0.717, 1.165) is 11.6 Å². The monoisotopic (exact) mass is 475 g/mol. The zero-order valence-corrected chi connectivity index (χ0v) is 19.0. The predicted molar refractivity (Wildman–Crippen MR) is 121 cm³/mol. The summed E-state index contributed by atoms with van der Waals surface area (Å²) in [6.45, 7) is 4.02. The average molecular weight is 476 g/mol. The van der Waals surface area contributed by atoms with Crippen LogP contribution < -0.4 is 9.47 Å². The Morgan fingerprint density at radius 2 is 1.88 bits per heavy atom. The van der Waals surface area contributed by atoms with Crippen molar-refractivity contribution < 1.29 is 27.6 Å². The average Bonchev–Trinajstić information content (AvgIpc) is 2.83. The van der Waals surface area contributed by atoms with Gasteiger partial charge in [-0.05, 0) is 30.2 Å². The number of allylic oxidation sites excluding steroid dienone is 1. The van der Waals surface area contributed by atoms with Crippen LogP contribution >= 0.6 is 0 Å². The summed E-state index contributed by atoms with van der Waals surface area (Å²) in [7, 11) is -2.39. The first kappa shape index (κ1) is 24.2. The molecule has 2 aromatic carbocycles. The van der Waals surface area contributed by atoms with Crippen molar-refractivity contribution in [2.45, 2.75) is 11.3 Å². The van der Waals surface area contributed by atoms with Gasteiger partial charge in [0.1, 0.15) is 0 Å². The number of hydrogen-bond acceptors (Lipinski definition) is 7. The van der Waals surface area contributed by atoms with E-state index in [0.29, 0.717) is 17.9 Å². The molecule has 0 radical (unpaired) electrons. The molecule has 3 rings (SSSR count). The number of carbonyl (C=O) groups is 1. The molecule has 0 aliphatic carbocycles. The van der Waals surface area contributed by atoms with Crippen molar-refractivity contribution in [2.24, 2.45) is 0 Å². The molecule has 0 N–H and O–H groups in total. The van der Waals surface area contributed by atoms with Gasteiger partial charge in [-0.1, -0.05) is 18.2 Å². The molecule has 0 aromatic heterocycles. The third-order valence-corrected chi connectivity index (χ3v) is 7.11. The van der Waals surface area contributed by atoms with Crippen molar-refractivity contribution in [2.75, 3.05) is 39.9 Å². The first-order chi connectivity index (χ1) is 15.8. The highest BCUT2D eigenvalue weighted by Gasteiger charge is 2.31. The summed E-state index contributed by atoms with van der Waals surface area (Å²) in [6, 6.07) is 10.3. The second kappa shape index (κ2) is 10.5. The third-order valence-electron chi connectivity index (χ3n) is 5.22. The molecule has 176 valence electrons. The molecule has 33 heavy (non-hydrogen) atoms. The lowest BCUT2D eigenvalue weighted by molar-refractivity contribution is -0.385. The third kappa shape index (κ3) is 5.68. The summed E-state index contributed by atoms with van der Waals surface area (Å²) in [5, 5.41) is 11.0. The number of nitrogens with zero attached hydrogens (tertiary/aromatic N) is 3. The van der Waals surface area contributed by atoms with E-state index >= 15 is 0 Å². The van der Waals surface area contributed by atoms with Crippen LogP contribution in [0.15, 0.2) is 60.0 Å². The molecule has 0 bridgehead atoms. The standard InChI is InChI=1S/C22H25N3O7S/c1-3-5-17-8-9-20(21(14-17)31-2)32-16-22(26)23-10-12-24(13-11-23)33(29,30)19-7-4-6-18(15-19)25(27)28/h3-4,6-9,14-15H,1,5,10-13,16H2,2H3. The van der Waals surface area contributed by atoms with Crippen molar-refractivity contribution in [1.29, 1.82) is 0 Å². The maximum atomic E-state index is 12.8. The molecule has 1 fully saturated rings. The fraction of sp³-hybridized carbons (Fsp3) is 0.318. The number of rotatable bonds is 9. The molecule has 0 atom stereocenters.